The maximum absolute atomic E-state index is 12.9. The number of carbonyl (C=O) groups is 1. The summed E-state index contributed by atoms with van der Waals surface area (Å²) < 4.78 is 0. The van der Waals surface area contributed by atoms with Crippen LogP contribution in [0.15, 0.2) is 84.9 Å². The maximum Gasteiger partial charge on any atom is 0.253 e. The fourth-order valence-corrected chi connectivity index (χ4v) is 4.03. The molecule has 0 radical (unpaired) electrons. The van der Waals surface area contributed by atoms with Gasteiger partial charge < -0.3 is 17.3 Å². The van der Waals surface area contributed by atoms with Gasteiger partial charge >= 0.3 is 0 Å². The molecule has 4 rings (SSSR count). The monoisotopic (exact) mass is 405 g/mol. The number of hydrogen-bond donors (Lipinski definition) is 0. The lowest BCUT2D eigenvalue weighted by Gasteiger charge is -2.39. The second kappa shape index (κ2) is 9.73. The number of carbonyl (C=O) groups excluding carboxylic acids is 1. The molecule has 0 N–H and O–H groups in total. The highest BCUT2D eigenvalue weighted by atomic mass is 35.5. The van der Waals surface area contributed by atoms with Gasteiger partial charge in [-0.1, -0.05) is 78.4 Å². The predicted molar refractivity (Wildman–Crippen MR) is 113 cm³/mol. The Morgan fingerprint density at radius 1 is 0.759 bits per heavy atom. The van der Waals surface area contributed by atoms with Crippen LogP contribution < -0.4 is 12.4 Å². The Morgan fingerprint density at radius 2 is 1.31 bits per heavy atom. The number of hydrogen-bond acceptors (Lipinski definition) is 2. The SMILES string of the molecule is Cc1cccc(C(=O)N2CCN(C(c3ccccc3)c3ccccc3)CC2)c1.[Cl-]. The van der Waals surface area contributed by atoms with Crippen LogP contribution in [-0.4, -0.2) is 41.9 Å². The van der Waals surface area contributed by atoms with Gasteiger partial charge in [0.15, 0.2) is 0 Å². The second-order valence-electron chi connectivity index (χ2n) is 7.42. The lowest BCUT2D eigenvalue weighted by molar-refractivity contribution is -0.0000164. The van der Waals surface area contributed by atoms with Crippen LogP contribution in [0.4, 0.5) is 0 Å². The van der Waals surface area contributed by atoms with E-state index in [9.17, 15) is 4.79 Å². The zero-order chi connectivity index (χ0) is 19.3. The zero-order valence-electron chi connectivity index (χ0n) is 16.7. The van der Waals surface area contributed by atoms with Crippen molar-refractivity contribution >= 4 is 5.91 Å². The Kier molecular flexibility index (Phi) is 7.08. The summed E-state index contributed by atoms with van der Waals surface area (Å²) in [7, 11) is 0. The van der Waals surface area contributed by atoms with E-state index in [1.807, 2.05) is 36.1 Å². The average Bonchev–Trinajstić information content (AvgIpc) is 2.75. The van der Waals surface area contributed by atoms with Crippen LogP contribution in [0.1, 0.15) is 33.1 Å². The van der Waals surface area contributed by atoms with Gasteiger partial charge in [-0.25, -0.2) is 0 Å². The molecule has 3 nitrogen and oxygen atoms in total. The van der Waals surface area contributed by atoms with Gasteiger partial charge in [-0.3, -0.25) is 9.69 Å². The predicted octanol–water partition coefficient (Wildman–Crippen LogP) is 1.55. The third-order valence-electron chi connectivity index (χ3n) is 5.46. The summed E-state index contributed by atoms with van der Waals surface area (Å²) >= 11 is 0. The van der Waals surface area contributed by atoms with E-state index in [4.69, 9.17) is 0 Å². The Hall–Kier alpha value is -2.62. The lowest BCUT2D eigenvalue weighted by Crippen LogP contribution is -3.00. The standard InChI is InChI=1S/C25H26N2O.ClH/c1-20-9-8-14-23(19-20)25(28)27-17-15-26(16-18-27)24(21-10-4-2-5-11-21)22-12-6-3-7-13-22;/h2-14,19,24H,15-18H2,1H3;1H/p-1. The summed E-state index contributed by atoms with van der Waals surface area (Å²) in [4.78, 5) is 17.4. The number of halogens is 1. The number of piperazine rings is 1. The van der Waals surface area contributed by atoms with Crippen molar-refractivity contribution in [3.8, 4) is 0 Å². The van der Waals surface area contributed by atoms with Gasteiger partial charge in [0, 0.05) is 31.7 Å². The van der Waals surface area contributed by atoms with Gasteiger partial charge in [-0.2, -0.15) is 0 Å². The van der Waals surface area contributed by atoms with Crippen molar-refractivity contribution in [1.29, 1.82) is 0 Å². The highest BCUT2D eigenvalue weighted by Gasteiger charge is 2.28. The number of benzene rings is 3. The fourth-order valence-electron chi connectivity index (χ4n) is 4.03. The molecule has 1 saturated heterocycles. The summed E-state index contributed by atoms with van der Waals surface area (Å²) in [6, 6.07) is 29.4. The molecular weight excluding hydrogens is 380 g/mol. The van der Waals surface area contributed by atoms with Crippen molar-refractivity contribution in [2.45, 2.75) is 13.0 Å². The second-order valence-corrected chi connectivity index (χ2v) is 7.42. The fraction of sp³-hybridized carbons (Fsp3) is 0.240. The lowest BCUT2D eigenvalue weighted by atomic mass is 9.96. The molecular formula is C25H26ClN2O-. The van der Waals surface area contributed by atoms with Gasteiger partial charge in [-0.15, -0.1) is 0 Å². The highest BCUT2D eigenvalue weighted by molar-refractivity contribution is 5.94. The highest BCUT2D eigenvalue weighted by Crippen LogP contribution is 2.29. The van der Waals surface area contributed by atoms with E-state index in [1.165, 1.54) is 11.1 Å². The van der Waals surface area contributed by atoms with Gasteiger partial charge in [0.25, 0.3) is 5.91 Å². The molecule has 150 valence electrons. The molecule has 0 saturated carbocycles. The molecule has 1 aliphatic rings. The van der Waals surface area contributed by atoms with E-state index in [0.717, 1.165) is 37.3 Å². The number of nitrogens with zero attached hydrogens (tertiary/aromatic N) is 2. The third-order valence-corrected chi connectivity index (χ3v) is 5.46. The van der Waals surface area contributed by atoms with Crippen molar-refractivity contribution < 1.29 is 17.2 Å². The Bertz CT molecular complexity index is 882. The number of aryl methyl sites for hydroxylation is 1. The maximum atomic E-state index is 12.9. The van der Waals surface area contributed by atoms with Gasteiger partial charge in [0.1, 0.15) is 0 Å². The van der Waals surface area contributed by atoms with Crippen LogP contribution in [-0.2, 0) is 0 Å². The first-order valence-corrected chi connectivity index (χ1v) is 9.92. The third kappa shape index (κ3) is 4.87. The molecule has 29 heavy (non-hydrogen) atoms. The molecule has 0 atom stereocenters. The molecule has 0 spiro atoms. The van der Waals surface area contributed by atoms with Crippen LogP contribution in [0.2, 0.25) is 0 Å². The van der Waals surface area contributed by atoms with Crippen LogP contribution >= 0.6 is 0 Å². The minimum atomic E-state index is 0. The molecule has 4 heteroatoms. The van der Waals surface area contributed by atoms with Crippen molar-refractivity contribution in [3.63, 3.8) is 0 Å². The van der Waals surface area contributed by atoms with E-state index >= 15 is 0 Å². The van der Waals surface area contributed by atoms with Crippen molar-refractivity contribution in [2.24, 2.45) is 0 Å². The largest absolute Gasteiger partial charge is 1.00 e. The van der Waals surface area contributed by atoms with Crippen LogP contribution in [0.5, 0.6) is 0 Å². The summed E-state index contributed by atoms with van der Waals surface area (Å²) in [5, 5.41) is 0. The van der Waals surface area contributed by atoms with Gasteiger partial charge in [-0.05, 0) is 30.2 Å². The van der Waals surface area contributed by atoms with E-state index in [1.54, 1.807) is 0 Å². The average molecular weight is 406 g/mol. The number of amides is 1. The van der Waals surface area contributed by atoms with Gasteiger partial charge in [0.2, 0.25) is 0 Å². The quantitative estimate of drug-likeness (QED) is 0.657. The van der Waals surface area contributed by atoms with Crippen LogP contribution in [0.25, 0.3) is 0 Å². The summed E-state index contributed by atoms with van der Waals surface area (Å²) in [5.74, 6) is 0.138. The molecule has 0 aromatic heterocycles. The normalized spacial score (nSPS) is 14.5. The first-order chi connectivity index (χ1) is 13.7. The molecule has 1 amide bonds. The summed E-state index contributed by atoms with van der Waals surface area (Å²) in [5.41, 5.74) is 4.51. The molecule has 1 heterocycles. The topological polar surface area (TPSA) is 23.6 Å². The minimum absolute atomic E-state index is 0. The molecule has 0 aliphatic carbocycles. The van der Waals surface area contributed by atoms with E-state index in [-0.39, 0.29) is 24.4 Å². The zero-order valence-corrected chi connectivity index (χ0v) is 17.4. The molecule has 3 aromatic carbocycles. The number of rotatable bonds is 4. The van der Waals surface area contributed by atoms with E-state index in [0.29, 0.717) is 0 Å². The first-order valence-electron chi connectivity index (χ1n) is 9.92. The Balaban J connectivity index is 0.00000240. The molecule has 0 unspecified atom stereocenters. The van der Waals surface area contributed by atoms with E-state index in [2.05, 4.69) is 65.6 Å². The Morgan fingerprint density at radius 3 is 1.83 bits per heavy atom. The van der Waals surface area contributed by atoms with Crippen molar-refractivity contribution in [3.05, 3.63) is 107 Å². The van der Waals surface area contributed by atoms with Crippen molar-refractivity contribution in [2.75, 3.05) is 26.2 Å². The van der Waals surface area contributed by atoms with Crippen LogP contribution in [0.3, 0.4) is 0 Å². The minimum Gasteiger partial charge on any atom is -1.00 e. The molecule has 0 bridgehead atoms. The summed E-state index contributed by atoms with van der Waals surface area (Å²) in [6.07, 6.45) is 0. The van der Waals surface area contributed by atoms with Gasteiger partial charge in [0.05, 0.1) is 6.04 Å². The summed E-state index contributed by atoms with van der Waals surface area (Å²) in [6.45, 7) is 5.27. The first kappa shape index (κ1) is 21.1. The van der Waals surface area contributed by atoms with Crippen molar-refractivity contribution in [1.82, 2.24) is 9.80 Å². The Labute approximate surface area is 179 Å². The van der Waals surface area contributed by atoms with E-state index < -0.39 is 0 Å². The molecule has 3 aromatic rings. The molecule has 1 aliphatic heterocycles. The molecule has 1 fully saturated rings. The van der Waals surface area contributed by atoms with Crippen LogP contribution in [0, 0.1) is 6.92 Å². The smallest absolute Gasteiger partial charge is 0.253 e.